The van der Waals surface area contributed by atoms with Gasteiger partial charge in [-0.1, -0.05) is 6.07 Å². The summed E-state index contributed by atoms with van der Waals surface area (Å²) in [4.78, 5) is 16.0. The van der Waals surface area contributed by atoms with Crippen molar-refractivity contribution in [2.24, 2.45) is 5.92 Å². The summed E-state index contributed by atoms with van der Waals surface area (Å²) in [6, 6.07) is 5.06. The van der Waals surface area contributed by atoms with Crippen LogP contribution in [0.25, 0.3) is 0 Å². The number of nitrogens with zero attached hydrogens (tertiary/aromatic N) is 2. The Morgan fingerprint density at radius 1 is 1.15 bits per heavy atom. The molecule has 0 saturated carbocycles. The second kappa shape index (κ2) is 8.36. The quantitative estimate of drug-likeness (QED) is 0.776. The van der Waals surface area contributed by atoms with Crippen LogP contribution in [0.3, 0.4) is 0 Å². The standard InChI is InChI=1S/C21H31FN2O3/c1-21(2,3)27-20(25)24-13-9-16(10-14-24)15-26-18-8-6-7-17(22)19(18)23-11-4-5-12-23/h6-8,16H,4-5,9-15H2,1-3H3. The van der Waals surface area contributed by atoms with Crippen LogP contribution in [0.5, 0.6) is 5.75 Å². The lowest BCUT2D eigenvalue weighted by Gasteiger charge is -2.33. The van der Waals surface area contributed by atoms with E-state index in [-0.39, 0.29) is 11.9 Å². The summed E-state index contributed by atoms with van der Waals surface area (Å²) >= 11 is 0. The van der Waals surface area contributed by atoms with E-state index in [1.54, 1.807) is 11.0 Å². The Kier molecular flexibility index (Phi) is 6.12. The second-order valence-electron chi connectivity index (χ2n) is 8.50. The van der Waals surface area contributed by atoms with Crippen molar-refractivity contribution in [3.05, 3.63) is 24.0 Å². The lowest BCUT2D eigenvalue weighted by atomic mass is 9.98. The number of amides is 1. The van der Waals surface area contributed by atoms with Crippen molar-refractivity contribution in [3.63, 3.8) is 0 Å². The Morgan fingerprint density at radius 3 is 2.44 bits per heavy atom. The van der Waals surface area contributed by atoms with E-state index in [1.165, 1.54) is 6.07 Å². The number of carbonyl (C=O) groups is 1. The first kappa shape index (κ1) is 19.8. The number of ether oxygens (including phenoxy) is 2. The molecule has 1 aromatic carbocycles. The Morgan fingerprint density at radius 2 is 1.81 bits per heavy atom. The Hall–Kier alpha value is -1.98. The summed E-state index contributed by atoms with van der Waals surface area (Å²) in [5, 5.41) is 0. The van der Waals surface area contributed by atoms with Gasteiger partial charge in [0.1, 0.15) is 22.9 Å². The molecule has 0 unspecified atom stereocenters. The highest BCUT2D eigenvalue weighted by atomic mass is 19.1. The molecule has 0 bridgehead atoms. The molecule has 0 aliphatic carbocycles. The number of para-hydroxylation sites is 1. The number of hydrogen-bond donors (Lipinski definition) is 0. The molecule has 2 aliphatic heterocycles. The fourth-order valence-electron chi connectivity index (χ4n) is 3.68. The predicted molar refractivity (Wildman–Crippen MR) is 104 cm³/mol. The number of carbonyl (C=O) groups excluding carboxylic acids is 1. The van der Waals surface area contributed by atoms with E-state index in [9.17, 15) is 9.18 Å². The number of benzene rings is 1. The van der Waals surface area contributed by atoms with Crippen LogP contribution in [-0.4, -0.2) is 49.4 Å². The first-order valence-corrected chi connectivity index (χ1v) is 9.98. The predicted octanol–water partition coefficient (Wildman–Crippen LogP) is 4.45. The average molecular weight is 378 g/mol. The highest BCUT2D eigenvalue weighted by Crippen LogP contribution is 2.34. The van der Waals surface area contributed by atoms with Gasteiger partial charge in [-0.3, -0.25) is 0 Å². The molecular formula is C21H31FN2O3. The zero-order valence-corrected chi connectivity index (χ0v) is 16.7. The van der Waals surface area contributed by atoms with Crippen molar-refractivity contribution in [2.75, 3.05) is 37.7 Å². The van der Waals surface area contributed by atoms with Gasteiger partial charge in [-0.15, -0.1) is 0 Å². The molecule has 0 N–H and O–H groups in total. The summed E-state index contributed by atoms with van der Waals surface area (Å²) in [6.07, 6.45) is 3.68. The number of piperidine rings is 1. The molecule has 27 heavy (non-hydrogen) atoms. The van der Waals surface area contributed by atoms with Gasteiger partial charge in [-0.2, -0.15) is 0 Å². The third kappa shape index (κ3) is 5.27. The smallest absolute Gasteiger partial charge is 0.410 e. The van der Waals surface area contributed by atoms with Gasteiger partial charge < -0.3 is 19.3 Å². The monoisotopic (exact) mass is 378 g/mol. The maximum Gasteiger partial charge on any atom is 0.410 e. The first-order chi connectivity index (χ1) is 12.8. The van der Waals surface area contributed by atoms with Gasteiger partial charge in [0, 0.05) is 26.2 Å². The van der Waals surface area contributed by atoms with E-state index in [0.29, 0.717) is 37.1 Å². The molecule has 1 aromatic rings. The number of rotatable bonds is 4. The van der Waals surface area contributed by atoms with Crippen LogP contribution >= 0.6 is 0 Å². The molecule has 5 nitrogen and oxygen atoms in total. The molecular weight excluding hydrogens is 347 g/mol. The second-order valence-corrected chi connectivity index (χ2v) is 8.50. The summed E-state index contributed by atoms with van der Waals surface area (Å²) in [7, 11) is 0. The van der Waals surface area contributed by atoms with Gasteiger partial charge >= 0.3 is 6.09 Å². The summed E-state index contributed by atoms with van der Waals surface area (Å²) in [5.74, 6) is 0.777. The van der Waals surface area contributed by atoms with Crippen LogP contribution in [-0.2, 0) is 4.74 Å². The van der Waals surface area contributed by atoms with E-state index in [0.717, 1.165) is 38.8 Å². The SMILES string of the molecule is CC(C)(C)OC(=O)N1CCC(COc2cccc(F)c2N2CCCC2)CC1. The molecule has 3 rings (SSSR count). The summed E-state index contributed by atoms with van der Waals surface area (Å²) < 4.78 is 25.8. The van der Waals surface area contributed by atoms with Crippen molar-refractivity contribution >= 4 is 11.8 Å². The van der Waals surface area contributed by atoms with Crippen molar-refractivity contribution in [1.82, 2.24) is 4.90 Å². The Bertz CT molecular complexity index is 645. The average Bonchev–Trinajstić information content (AvgIpc) is 3.13. The van der Waals surface area contributed by atoms with Crippen molar-refractivity contribution < 1.29 is 18.7 Å². The lowest BCUT2D eigenvalue weighted by Crippen LogP contribution is -2.42. The van der Waals surface area contributed by atoms with Gasteiger partial charge in [0.2, 0.25) is 0 Å². The maximum atomic E-state index is 14.4. The van der Waals surface area contributed by atoms with E-state index < -0.39 is 5.60 Å². The molecule has 0 aromatic heterocycles. The zero-order chi connectivity index (χ0) is 19.4. The van der Waals surface area contributed by atoms with Crippen LogP contribution in [0.1, 0.15) is 46.5 Å². The molecule has 6 heteroatoms. The minimum atomic E-state index is -0.472. The van der Waals surface area contributed by atoms with Gasteiger partial charge in [-0.05, 0) is 64.5 Å². The minimum absolute atomic E-state index is 0.214. The van der Waals surface area contributed by atoms with Crippen LogP contribution in [0, 0.1) is 11.7 Å². The molecule has 150 valence electrons. The molecule has 2 fully saturated rings. The summed E-state index contributed by atoms with van der Waals surface area (Å²) in [5.41, 5.74) is 0.126. The number of halogens is 1. The molecule has 0 spiro atoms. The van der Waals surface area contributed by atoms with Crippen LogP contribution in [0.2, 0.25) is 0 Å². The minimum Gasteiger partial charge on any atom is -0.491 e. The molecule has 2 saturated heterocycles. The highest BCUT2D eigenvalue weighted by Gasteiger charge is 2.28. The molecule has 2 aliphatic rings. The Balaban J connectivity index is 1.52. The van der Waals surface area contributed by atoms with Crippen LogP contribution < -0.4 is 9.64 Å². The van der Waals surface area contributed by atoms with E-state index in [1.807, 2.05) is 26.8 Å². The Labute approximate surface area is 161 Å². The number of likely N-dealkylation sites (tertiary alicyclic amines) is 1. The normalized spacial score (nSPS) is 18.7. The maximum absolute atomic E-state index is 14.4. The third-order valence-electron chi connectivity index (χ3n) is 5.11. The zero-order valence-electron chi connectivity index (χ0n) is 16.7. The fourth-order valence-corrected chi connectivity index (χ4v) is 3.68. The van der Waals surface area contributed by atoms with Crippen LogP contribution in [0.4, 0.5) is 14.9 Å². The van der Waals surface area contributed by atoms with Gasteiger partial charge in [-0.25, -0.2) is 9.18 Å². The van der Waals surface area contributed by atoms with Gasteiger partial charge in [0.25, 0.3) is 0 Å². The molecule has 0 radical (unpaired) electrons. The number of anilines is 1. The molecule has 1 amide bonds. The van der Waals surface area contributed by atoms with Crippen molar-refractivity contribution in [2.45, 2.75) is 52.1 Å². The van der Waals surface area contributed by atoms with Crippen molar-refractivity contribution in [3.8, 4) is 5.75 Å². The van der Waals surface area contributed by atoms with Crippen LogP contribution in [0.15, 0.2) is 18.2 Å². The molecule has 2 heterocycles. The first-order valence-electron chi connectivity index (χ1n) is 9.98. The highest BCUT2D eigenvalue weighted by molar-refractivity contribution is 5.68. The largest absolute Gasteiger partial charge is 0.491 e. The third-order valence-corrected chi connectivity index (χ3v) is 5.11. The van der Waals surface area contributed by atoms with Gasteiger partial charge in [0.15, 0.2) is 0 Å². The summed E-state index contributed by atoms with van der Waals surface area (Å²) in [6.45, 7) is 9.28. The van der Waals surface area contributed by atoms with E-state index in [2.05, 4.69) is 4.90 Å². The van der Waals surface area contributed by atoms with Gasteiger partial charge in [0.05, 0.1) is 6.61 Å². The lowest BCUT2D eigenvalue weighted by molar-refractivity contribution is 0.0165. The fraction of sp³-hybridized carbons (Fsp3) is 0.667. The molecule has 0 atom stereocenters. The number of hydrogen-bond acceptors (Lipinski definition) is 4. The topological polar surface area (TPSA) is 42.0 Å². The van der Waals surface area contributed by atoms with E-state index in [4.69, 9.17) is 9.47 Å². The van der Waals surface area contributed by atoms with E-state index >= 15 is 0 Å². The van der Waals surface area contributed by atoms with Crippen molar-refractivity contribution in [1.29, 1.82) is 0 Å².